The van der Waals surface area contributed by atoms with Gasteiger partial charge in [-0.25, -0.2) is 0 Å². The summed E-state index contributed by atoms with van der Waals surface area (Å²) in [6.07, 6.45) is 9.61. The molecule has 0 aliphatic heterocycles. The summed E-state index contributed by atoms with van der Waals surface area (Å²) >= 11 is 0. The molecule has 3 atom stereocenters. The van der Waals surface area contributed by atoms with Gasteiger partial charge in [-0.05, 0) is 38.0 Å². The van der Waals surface area contributed by atoms with Crippen molar-refractivity contribution in [2.45, 2.75) is 64.1 Å². The van der Waals surface area contributed by atoms with E-state index in [1.807, 2.05) is 10.9 Å². The van der Waals surface area contributed by atoms with Gasteiger partial charge in [-0.3, -0.25) is 4.68 Å². The van der Waals surface area contributed by atoms with E-state index in [9.17, 15) is 0 Å². The van der Waals surface area contributed by atoms with Gasteiger partial charge in [0.25, 0.3) is 0 Å². The second kappa shape index (κ2) is 5.63. The van der Waals surface area contributed by atoms with Crippen molar-refractivity contribution in [3.8, 4) is 0 Å². The number of aliphatic hydroxyl groups excluding tert-OH is 1. The predicted octanol–water partition coefficient (Wildman–Crippen LogP) is 2.03. The molecule has 0 aromatic carbocycles. The van der Waals surface area contributed by atoms with Crippen LogP contribution in [-0.4, -0.2) is 27.5 Å². The molecule has 2 N–H and O–H groups in total. The summed E-state index contributed by atoms with van der Waals surface area (Å²) in [5, 5.41) is 17.4. The maximum absolute atomic E-state index is 9.09. The molecule has 2 aliphatic rings. The Hall–Kier alpha value is -0.870. The predicted molar refractivity (Wildman–Crippen MR) is 74.9 cm³/mol. The zero-order valence-electron chi connectivity index (χ0n) is 11.8. The number of nitrogens with zero attached hydrogens (tertiary/aromatic N) is 2. The molecule has 1 heterocycles. The Kier molecular flexibility index (Phi) is 3.89. The molecule has 19 heavy (non-hydrogen) atoms. The SMILES string of the molecule is CC1CCCC1NC1CCCc2c1cnn2CCO. The fraction of sp³-hybridized carbons (Fsp3) is 0.800. The summed E-state index contributed by atoms with van der Waals surface area (Å²) in [5.41, 5.74) is 2.71. The highest BCUT2D eigenvalue weighted by atomic mass is 16.3. The van der Waals surface area contributed by atoms with E-state index in [0.717, 1.165) is 12.3 Å². The Balaban J connectivity index is 1.75. The van der Waals surface area contributed by atoms with Crippen LogP contribution >= 0.6 is 0 Å². The highest BCUT2D eigenvalue weighted by Gasteiger charge is 2.29. The first-order valence-corrected chi connectivity index (χ1v) is 7.71. The van der Waals surface area contributed by atoms with Gasteiger partial charge in [0.15, 0.2) is 0 Å². The monoisotopic (exact) mass is 263 g/mol. The average Bonchev–Trinajstić information content (AvgIpc) is 2.99. The highest BCUT2D eigenvalue weighted by molar-refractivity contribution is 5.25. The number of nitrogens with one attached hydrogen (secondary N) is 1. The van der Waals surface area contributed by atoms with Crippen LogP contribution in [-0.2, 0) is 13.0 Å². The first-order valence-electron chi connectivity index (χ1n) is 7.71. The van der Waals surface area contributed by atoms with E-state index in [0.29, 0.717) is 18.6 Å². The summed E-state index contributed by atoms with van der Waals surface area (Å²) in [5.74, 6) is 0.804. The molecule has 2 aliphatic carbocycles. The molecule has 0 amide bonds. The van der Waals surface area contributed by atoms with Crippen molar-refractivity contribution < 1.29 is 5.11 Å². The van der Waals surface area contributed by atoms with Crippen molar-refractivity contribution in [2.24, 2.45) is 5.92 Å². The Bertz CT molecular complexity index is 429. The van der Waals surface area contributed by atoms with E-state index >= 15 is 0 Å². The largest absolute Gasteiger partial charge is 0.394 e. The van der Waals surface area contributed by atoms with Gasteiger partial charge in [-0.1, -0.05) is 13.3 Å². The number of hydrogen-bond donors (Lipinski definition) is 2. The molecule has 0 bridgehead atoms. The van der Waals surface area contributed by atoms with E-state index in [-0.39, 0.29) is 6.61 Å². The van der Waals surface area contributed by atoms with Crippen molar-refractivity contribution >= 4 is 0 Å². The first kappa shape index (κ1) is 13.1. The number of aromatic nitrogens is 2. The lowest BCUT2D eigenvalue weighted by molar-refractivity contribution is 0.265. The van der Waals surface area contributed by atoms with Crippen LogP contribution in [0.1, 0.15) is 56.3 Å². The quantitative estimate of drug-likeness (QED) is 0.874. The third kappa shape index (κ3) is 2.56. The third-order valence-corrected chi connectivity index (χ3v) is 4.85. The smallest absolute Gasteiger partial charge is 0.0644 e. The topological polar surface area (TPSA) is 50.1 Å². The standard InChI is InChI=1S/C15H25N3O/c1-11-4-2-5-13(11)17-14-6-3-7-15-12(14)10-16-18(15)8-9-19/h10-11,13-14,17,19H,2-9H2,1H3. The molecule has 1 aromatic heterocycles. The molecule has 3 unspecified atom stereocenters. The zero-order chi connectivity index (χ0) is 13.2. The number of rotatable bonds is 4. The molecule has 0 radical (unpaired) electrons. The Labute approximate surface area is 115 Å². The van der Waals surface area contributed by atoms with Gasteiger partial charge in [0, 0.05) is 23.3 Å². The van der Waals surface area contributed by atoms with Crippen molar-refractivity contribution in [1.29, 1.82) is 0 Å². The molecule has 0 spiro atoms. The summed E-state index contributed by atoms with van der Waals surface area (Å²) in [6, 6.07) is 1.15. The van der Waals surface area contributed by atoms with Crippen LogP contribution in [0.4, 0.5) is 0 Å². The fourth-order valence-corrected chi connectivity index (χ4v) is 3.73. The van der Waals surface area contributed by atoms with Gasteiger partial charge in [0.1, 0.15) is 0 Å². The Morgan fingerprint density at radius 3 is 3.00 bits per heavy atom. The Morgan fingerprint density at radius 2 is 2.26 bits per heavy atom. The van der Waals surface area contributed by atoms with Crippen LogP contribution in [0.25, 0.3) is 0 Å². The average molecular weight is 263 g/mol. The van der Waals surface area contributed by atoms with E-state index in [2.05, 4.69) is 17.3 Å². The zero-order valence-corrected chi connectivity index (χ0v) is 11.8. The second-order valence-electron chi connectivity index (χ2n) is 6.12. The minimum Gasteiger partial charge on any atom is -0.394 e. The van der Waals surface area contributed by atoms with Gasteiger partial charge < -0.3 is 10.4 Å². The molecule has 4 heteroatoms. The van der Waals surface area contributed by atoms with E-state index < -0.39 is 0 Å². The first-order chi connectivity index (χ1) is 9.29. The fourth-order valence-electron chi connectivity index (χ4n) is 3.73. The molecule has 1 aromatic rings. The van der Waals surface area contributed by atoms with Crippen molar-refractivity contribution in [2.75, 3.05) is 6.61 Å². The third-order valence-electron chi connectivity index (χ3n) is 4.85. The van der Waals surface area contributed by atoms with Crippen LogP contribution in [0.3, 0.4) is 0 Å². The molecule has 4 nitrogen and oxygen atoms in total. The maximum atomic E-state index is 9.09. The van der Waals surface area contributed by atoms with E-state index in [4.69, 9.17) is 5.11 Å². The summed E-state index contributed by atoms with van der Waals surface area (Å²) in [6.45, 7) is 3.16. The van der Waals surface area contributed by atoms with Crippen LogP contribution in [0.15, 0.2) is 6.20 Å². The molecular weight excluding hydrogens is 238 g/mol. The van der Waals surface area contributed by atoms with Crippen molar-refractivity contribution in [1.82, 2.24) is 15.1 Å². The van der Waals surface area contributed by atoms with Gasteiger partial charge in [-0.15, -0.1) is 0 Å². The molecule has 3 rings (SSSR count). The minimum absolute atomic E-state index is 0.172. The van der Waals surface area contributed by atoms with E-state index in [1.54, 1.807) is 0 Å². The van der Waals surface area contributed by atoms with Crippen LogP contribution in [0, 0.1) is 5.92 Å². The number of hydrogen-bond acceptors (Lipinski definition) is 3. The lowest BCUT2D eigenvalue weighted by atomic mass is 9.91. The number of fused-ring (bicyclic) bond motifs is 1. The Morgan fingerprint density at radius 1 is 1.37 bits per heavy atom. The summed E-state index contributed by atoms with van der Waals surface area (Å²) < 4.78 is 1.99. The summed E-state index contributed by atoms with van der Waals surface area (Å²) in [4.78, 5) is 0. The van der Waals surface area contributed by atoms with Crippen molar-refractivity contribution in [3.05, 3.63) is 17.5 Å². The summed E-state index contributed by atoms with van der Waals surface area (Å²) in [7, 11) is 0. The van der Waals surface area contributed by atoms with E-state index in [1.165, 1.54) is 43.4 Å². The molecule has 1 fully saturated rings. The van der Waals surface area contributed by atoms with Crippen LogP contribution in [0.2, 0.25) is 0 Å². The normalized spacial score (nSPS) is 30.5. The number of aliphatic hydroxyl groups is 1. The highest BCUT2D eigenvalue weighted by Crippen LogP contribution is 2.33. The molecule has 1 saturated carbocycles. The van der Waals surface area contributed by atoms with Gasteiger partial charge >= 0.3 is 0 Å². The van der Waals surface area contributed by atoms with Crippen LogP contribution in [0.5, 0.6) is 0 Å². The maximum Gasteiger partial charge on any atom is 0.0644 e. The lowest BCUT2D eigenvalue weighted by Gasteiger charge is -2.29. The molecular formula is C15H25N3O. The van der Waals surface area contributed by atoms with Crippen molar-refractivity contribution in [3.63, 3.8) is 0 Å². The minimum atomic E-state index is 0.172. The molecule has 106 valence electrons. The second-order valence-corrected chi connectivity index (χ2v) is 6.12. The van der Waals surface area contributed by atoms with Gasteiger partial charge in [0.05, 0.1) is 19.3 Å². The molecule has 0 saturated heterocycles. The lowest BCUT2D eigenvalue weighted by Crippen LogP contribution is -2.36. The van der Waals surface area contributed by atoms with Crippen LogP contribution < -0.4 is 5.32 Å². The van der Waals surface area contributed by atoms with Gasteiger partial charge in [0.2, 0.25) is 0 Å². The van der Waals surface area contributed by atoms with Gasteiger partial charge in [-0.2, -0.15) is 5.10 Å².